The Morgan fingerprint density at radius 3 is 2.28 bits per heavy atom. The molecule has 0 spiro atoms. The molecule has 0 fully saturated rings. The molecule has 1 aromatic rings. The summed E-state index contributed by atoms with van der Waals surface area (Å²) in [5.41, 5.74) is 5.52. The van der Waals surface area contributed by atoms with E-state index < -0.39 is 11.6 Å². The van der Waals surface area contributed by atoms with Crippen LogP contribution in [-0.2, 0) is 0 Å². The van der Waals surface area contributed by atoms with Gasteiger partial charge in [0, 0.05) is 24.8 Å². The standard InChI is InChI=1S/C13H18F2N2O/c1-4-8(5-2)17(3)13(18)9-6-10(14)11(15)7-12(9)16/h6-8H,4-5,16H2,1-3H3. The SMILES string of the molecule is CCC(CC)N(C)C(=O)c1cc(F)c(F)cc1N. The third-order valence-corrected chi connectivity index (χ3v) is 3.13. The molecule has 3 nitrogen and oxygen atoms in total. The molecule has 0 unspecified atom stereocenters. The molecule has 0 radical (unpaired) electrons. The Morgan fingerprint density at radius 2 is 1.78 bits per heavy atom. The Hall–Kier alpha value is -1.65. The molecule has 5 heteroatoms. The summed E-state index contributed by atoms with van der Waals surface area (Å²) in [6.45, 7) is 3.93. The van der Waals surface area contributed by atoms with Crippen LogP contribution in [0.5, 0.6) is 0 Å². The van der Waals surface area contributed by atoms with Gasteiger partial charge < -0.3 is 10.6 Å². The van der Waals surface area contributed by atoms with E-state index in [1.165, 1.54) is 4.90 Å². The van der Waals surface area contributed by atoms with E-state index >= 15 is 0 Å². The summed E-state index contributed by atoms with van der Waals surface area (Å²) >= 11 is 0. The Kier molecular flexibility index (Phi) is 4.64. The molecule has 0 heterocycles. The van der Waals surface area contributed by atoms with Gasteiger partial charge in [-0.25, -0.2) is 8.78 Å². The predicted molar refractivity (Wildman–Crippen MR) is 67.2 cm³/mol. The molecule has 1 amide bonds. The number of amides is 1. The zero-order valence-corrected chi connectivity index (χ0v) is 10.8. The summed E-state index contributed by atoms with van der Waals surface area (Å²) in [7, 11) is 1.64. The van der Waals surface area contributed by atoms with Gasteiger partial charge in [0.2, 0.25) is 0 Å². The van der Waals surface area contributed by atoms with Crippen LogP contribution in [0.1, 0.15) is 37.0 Å². The number of carbonyl (C=O) groups is 1. The third kappa shape index (κ3) is 2.78. The van der Waals surface area contributed by atoms with E-state index in [1.54, 1.807) is 7.05 Å². The topological polar surface area (TPSA) is 46.3 Å². The maximum atomic E-state index is 13.1. The maximum Gasteiger partial charge on any atom is 0.256 e. The quantitative estimate of drug-likeness (QED) is 0.842. The predicted octanol–water partition coefficient (Wildman–Crippen LogP) is 2.81. The highest BCUT2D eigenvalue weighted by molar-refractivity contribution is 5.99. The largest absolute Gasteiger partial charge is 0.398 e. The number of anilines is 1. The van der Waals surface area contributed by atoms with Crippen molar-refractivity contribution in [2.45, 2.75) is 32.7 Å². The van der Waals surface area contributed by atoms with Crippen molar-refractivity contribution >= 4 is 11.6 Å². The van der Waals surface area contributed by atoms with Crippen molar-refractivity contribution < 1.29 is 13.6 Å². The Balaban J connectivity index is 3.07. The van der Waals surface area contributed by atoms with Gasteiger partial charge in [0.15, 0.2) is 11.6 Å². The van der Waals surface area contributed by atoms with Gasteiger partial charge in [-0.15, -0.1) is 0 Å². The number of nitrogens with zero attached hydrogens (tertiary/aromatic N) is 1. The number of carbonyl (C=O) groups excluding carboxylic acids is 1. The van der Waals surface area contributed by atoms with Crippen LogP contribution in [0.25, 0.3) is 0 Å². The molecule has 1 aromatic carbocycles. The van der Waals surface area contributed by atoms with Crippen LogP contribution in [0.4, 0.5) is 14.5 Å². The lowest BCUT2D eigenvalue weighted by Gasteiger charge is -2.26. The fourth-order valence-electron chi connectivity index (χ4n) is 1.94. The second-order valence-electron chi connectivity index (χ2n) is 4.24. The number of rotatable bonds is 4. The monoisotopic (exact) mass is 256 g/mol. The Labute approximate surface area is 106 Å². The van der Waals surface area contributed by atoms with E-state index in [-0.39, 0.29) is 23.2 Å². The van der Waals surface area contributed by atoms with Gasteiger partial charge in [0.1, 0.15) is 0 Å². The molecule has 2 N–H and O–H groups in total. The zero-order chi connectivity index (χ0) is 13.9. The molecule has 0 aliphatic rings. The second kappa shape index (κ2) is 5.80. The van der Waals surface area contributed by atoms with Crippen LogP contribution in [0.2, 0.25) is 0 Å². The first-order valence-corrected chi connectivity index (χ1v) is 5.94. The number of nitrogen functional groups attached to an aromatic ring is 1. The molecule has 0 saturated carbocycles. The average molecular weight is 256 g/mol. The molecule has 0 atom stereocenters. The minimum absolute atomic E-state index is 0.00306. The number of halogens is 2. The molecule has 18 heavy (non-hydrogen) atoms. The first kappa shape index (κ1) is 14.4. The van der Waals surface area contributed by atoms with E-state index in [0.717, 1.165) is 25.0 Å². The molecule has 1 rings (SSSR count). The molecule has 0 aliphatic heterocycles. The highest BCUT2D eigenvalue weighted by Gasteiger charge is 2.21. The van der Waals surface area contributed by atoms with E-state index in [9.17, 15) is 13.6 Å². The number of nitrogens with two attached hydrogens (primary N) is 1. The van der Waals surface area contributed by atoms with Crippen molar-refractivity contribution in [1.82, 2.24) is 4.90 Å². The third-order valence-electron chi connectivity index (χ3n) is 3.13. The van der Waals surface area contributed by atoms with E-state index in [1.807, 2.05) is 13.8 Å². The minimum Gasteiger partial charge on any atom is -0.398 e. The van der Waals surface area contributed by atoms with Gasteiger partial charge in [0.25, 0.3) is 5.91 Å². The van der Waals surface area contributed by atoms with Crippen LogP contribution in [-0.4, -0.2) is 23.9 Å². The molecule has 0 aliphatic carbocycles. The highest BCUT2D eigenvalue weighted by Crippen LogP contribution is 2.20. The summed E-state index contributed by atoms with van der Waals surface area (Å²) in [6.07, 6.45) is 1.59. The highest BCUT2D eigenvalue weighted by atomic mass is 19.2. The second-order valence-corrected chi connectivity index (χ2v) is 4.24. The van der Waals surface area contributed by atoms with Crippen molar-refractivity contribution in [3.63, 3.8) is 0 Å². The Bertz CT molecular complexity index is 445. The maximum absolute atomic E-state index is 13.1. The Morgan fingerprint density at radius 1 is 1.28 bits per heavy atom. The van der Waals surface area contributed by atoms with E-state index in [0.29, 0.717) is 0 Å². The van der Waals surface area contributed by atoms with E-state index in [2.05, 4.69) is 0 Å². The molecule has 0 aromatic heterocycles. The van der Waals surface area contributed by atoms with Crippen LogP contribution in [0.15, 0.2) is 12.1 Å². The number of hydrogen-bond acceptors (Lipinski definition) is 2. The summed E-state index contributed by atoms with van der Waals surface area (Å²) in [5, 5.41) is 0. The summed E-state index contributed by atoms with van der Waals surface area (Å²) in [6, 6.07) is 1.75. The van der Waals surface area contributed by atoms with Gasteiger partial charge in [-0.3, -0.25) is 4.79 Å². The summed E-state index contributed by atoms with van der Waals surface area (Å²) in [4.78, 5) is 13.7. The van der Waals surface area contributed by atoms with Crippen molar-refractivity contribution in [2.75, 3.05) is 12.8 Å². The summed E-state index contributed by atoms with van der Waals surface area (Å²) < 4.78 is 26.1. The fraction of sp³-hybridized carbons (Fsp3) is 0.462. The fourth-order valence-corrected chi connectivity index (χ4v) is 1.94. The van der Waals surface area contributed by atoms with Crippen LogP contribution >= 0.6 is 0 Å². The molecular formula is C13H18F2N2O. The zero-order valence-electron chi connectivity index (χ0n) is 10.8. The van der Waals surface area contributed by atoms with Crippen LogP contribution in [0.3, 0.4) is 0 Å². The minimum atomic E-state index is -1.06. The van der Waals surface area contributed by atoms with Gasteiger partial charge in [-0.05, 0) is 18.9 Å². The van der Waals surface area contributed by atoms with E-state index in [4.69, 9.17) is 5.73 Å². The van der Waals surface area contributed by atoms with Gasteiger partial charge in [-0.2, -0.15) is 0 Å². The lowest BCUT2D eigenvalue weighted by atomic mass is 10.1. The normalized spacial score (nSPS) is 10.8. The first-order chi connectivity index (χ1) is 8.42. The van der Waals surface area contributed by atoms with Crippen molar-refractivity contribution in [3.05, 3.63) is 29.3 Å². The smallest absolute Gasteiger partial charge is 0.256 e. The summed E-state index contributed by atoms with van der Waals surface area (Å²) in [5.74, 6) is -2.50. The van der Waals surface area contributed by atoms with Crippen molar-refractivity contribution in [2.24, 2.45) is 0 Å². The van der Waals surface area contributed by atoms with Crippen molar-refractivity contribution in [1.29, 1.82) is 0 Å². The van der Waals surface area contributed by atoms with Crippen LogP contribution < -0.4 is 5.73 Å². The van der Waals surface area contributed by atoms with Gasteiger partial charge in [-0.1, -0.05) is 13.8 Å². The lowest BCUT2D eigenvalue weighted by molar-refractivity contribution is 0.0724. The molecule has 0 bridgehead atoms. The average Bonchev–Trinajstić information content (AvgIpc) is 2.34. The number of hydrogen-bond donors (Lipinski definition) is 1. The number of benzene rings is 1. The van der Waals surface area contributed by atoms with Gasteiger partial charge in [0.05, 0.1) is 5.56 Å². The van der Waals surface area contributed by atoms with Crippen LogP contribution in [0, 0.1) is 11.6 Å². The molecule has 0 saturated heterocycles. The lowest BCUT2D eigenvalue weighted by Crippen LogP contribution is -2.36. The molecular weight excluding hydrogens is 238 g/mol. The first-order valence-electron chi connectivity index (χ1n) is 5.94. The van der Waals surface area contributed by atoms with Crippen molar-refractivity contribution in [3.8, 4) is 0 Å². The molecule has 100 valence electrons. The van der Waals surface area contributed by atoms with Gasteiger partial charge >= 0.3 is 0 Å².